The maximum Gasteiger partial charge on any atom is 0.255 e. The summed E-state index contributed by atoms with van der Waals surface area (Å²) in [7, 11) is 1.48. The number of ether oxygens (including phenoxy) is 1. The van der Waals surface area contributed by atoms with Crippen molar-refractivity contribution in [3.8, 4) is 22.7 Å². The number of thiazole rings is 1. The molecule has 1 amide bonds. The number of methoxy groups -OCH3 is 1. The summed E-state index contributed by atoms with van der Waals surface area (Å²) in [5.74, 6) is 0.0463. The summed E-state index contributed by atoms with van der Waals surface area (Å²) in [6.45, 7) is 0.297. The number of amides is 1. The minimum Gasteiger partial charge on any atom is -0.496 e. The van der Waals surface area contributed by atoms with Crippen molar-refractivity contribution in [2.75, 3.05) is 7.11 Å². The van der Waals surface area contributed by atoms with Crippen molar-refractivity contribution in [3.63, 3.8) is 0 Å². The van der Waals surface area contributed by atoms with Crippen LogP contribution in [0.5, 0.6) is 5.75 Å². The largest absolute Gasteiger partial charge is 0.496 e. The summed E-state index contributed by atoms with van der Waals surface area (Å²) in [5, 5.41) is 16.9. The van der Waals surface area contributed by atoms with Gasteiger partial charge in [-0.05, 0) is 16.5 Å². The number of carbonyl (C=O) groups is 1. The van der Waals surface area contributed by atoms with Crippen LogP contribution in [0.3, 0.4) is 0 Å². The fraction of sp³-hybridized carbons (Fsp3) is 0.105. The highest BCUT2D eigenvalue weighted by molar-refractivity contribution is 7.09. The Balaban J connectivity index is 1.50. The van der Waals surface area contributed by atoms with Gasteiger partial charge in [-0.2, -0.15) is 4.68 Å². The van der Waals surface area contributed by atoms with Crippen LogP contribution in [0.15, 0.2) is 54.2 Å². The summed E-state index contributed by atoms with van der Waals surface area (Å²) >= 11 is 7.81. The van der Waals surface area contributed by atoms with Crippen LogP contribution in [0.1, 0.15) is 15.4 Å². The summed E-state index contributed by atoms with van der Waals surface area (Å²) in [6.07, 6.45) is 1.41. The van der Waals surface area contributed by atoms with Crippen molar-refractivity contribution in [2.45, 2.75) is 6.54 Å². The van der Waals surface area contributed by atoms with Gasteiger partial charge in [0, 0.05) is 17.0 Å². The van der Waals surface area contributed by atoms with Crippen LogP contribution in [0.4, 0.5) is 0 Å². The topological polar surface area (TPSA) is 94.8 Å². The quantitative estimate of drug-likeness (QED) is 0.508. The maximum atomic E-state index is 12.7. The van der Waals surface area contributed by atoms with Gasteiger partial charge in [0.05, 0.1) is 35.6 Å². The molecule has 0 atom stereocenters. The molecule has 2 aromatic carbocycles. The first-order valence-electron chi connectivity index (χ1n) is 8.54. The molecular formula is C19H15ClN6O2S. The van der Waals surface area contributed by atoms with Gasteiger partial charge >= 0.3 is 0 Å². The zero-order valence-electron chi connectivity index (χ0n) is 15.2. The van der Waals surface area contributed by atoms with E-state index in [9.17, 15) is 4.79 Å². The molecule has 0 fully saturated rings. The molecule has 0 saturated heterocycles. The molecule has 4 aromatic rings. The van der Waals surface area contributed by atoms with Gasteiger partial charge in [-0.1, -0.05) is 41.9 Å². The van der Waals surface area contributed by atoms with Crippen LogP contribution >= 0.6 is 22.9 Å². The molecule has 0 unspecified atom stereocenters. The number of hydrogen-bond acceptors (Lipinski definition) is 7. The van der Waals surface area contributed by atoms with Gasteiger partial charge in [0.25, 0.3) is 5.91 Å². The minimum absolute atomic E-state index is 0.297. The third kappa shape index (κ3) is 4.10. The molecule has 2 aromatic heterocycles. The molecule has 8 nitrogen and oxygen atoms in total. The number of benzene rings is 2. The van der Waals surface area contributed by atoms with Crippen LogP contribution < -0.4 is 10.1 Å². The number of halogens is 1. The third-order valence-corrected chi connectivity index (χ3v) is 5.28. The summed E-state index contributed by atoms with van der Waals surface area (Å²) in [4.78, 5) is 17.3. The Hall–Kier alpha value is -3.30. The van der Waals surface area contributed by atoms with Gasteiger partial charge in [0.15, 0.2) is 0 Å². The Kier molecular flexibility index (Phi) is 5.50. The molecule has 0 aliphatic heterocycles. The molecular weight excluding hydrogens is 412 g/mol. The number of nitrogens with zero attached hydrogens (tertiary/aromatic N) is 5. The lowest BCUT2D eigenvalue weighted by molar-refractivity contribution is 0.0948. The molecule has 0 saturated carbocycles. The smallest absolute Gasteiger partial charge is 0.255 e. The van der Waals surface area contributed by atoms with Gasteiger partial charge in [0.1, 0.15) is 17.1 Å². The van der Waals surface area contributed by atoms with Gasteiger partial charge in [-0.3, -0.25) is 4.79 Å². The second-order valence-electron chi connectivity index (χ2n) is 5.93. The number of rotatable bonds is 6. The molecule has 4 rings (SSSR count). The van der Waals surface area contributed by atoms with E-state index in [1.54, 1.807) is 6.07 Å². The Morgan fingerprint density at radius 2 is 2.10 bits per heavy atom. The van der Waals surface area contributed by atoms with E-state index in [2.05, 4.69) is 25.8 Å². The van der Waals surface area contributed by atoms with E-state index in [1.807, 2.05) is 35.7 Å². The Morgan fingerprint density at radius 3 is 2.83 bits per heavy atom. The van der Waals surface area contributed by atoms with Crippen molar-refractivity contribution < 1.29 is 9.53 Å². The monoisotopic (exact) mass is 426 g/mol. The standard InChI is InChI=1S/C19H15ClN6O2S/c1-28-17-8-16(26-11-22-24-25-26)14(20)7-13(17)19(27)21-9-18-23-15(10-29-18)12-5-3-2-4-6-12/h2-8,10-11H,9H2,1H3,(H,21,27). The zero-order chi connectivity index (χ0) is 20.2. The predicted octanol–water partition coefficient (Wildman–Crippen LogP) is 3.38. The predicted molar refractivity (Wildman–Crippen MR) is 109 cm³/mol. The Bertz CT molecular complexity index is 1130. The number of aromatic nitrogens is 5. The second-order valence-corrected chi connectivity index (χ2v) is 7.28. The van der Waals surface area contributed by atoms with Crippen molar-refractivity contribution in [2.24, 2.45) is 0 Å². The number of nitrogens with one attached hydrogen (secondary N) is 1. The van der Waals surface area contributed by atoms with E-state index in [-0.39, 0.29) is 5.91 Å². The van der Waals surface area contributed by atoms with Crippen LogP contribution in [0.25, 0.3) is 16.9 Å². The molecule has 0 spiro atoms. The second kappa shape index (κ2) is 8.38. The summed E-state index contributed by atoms with van der Waals surface area (Å²) in [6, 6.07) is 13.0. The van der Waals surface area contributed by atoms with Crippen molar-refractivity contribution in [1.82, 2.24) is 30.5 Å². The third-order valence-electron chi connectivity index (χ3n) is 4.13. The summed E-state index contributed by atoms with van der Waals surface area (Å²) < 4.78 is 6.76. The fourth-order valence-electron chi connectivity index (χ4n) is 2.72. The van der Waals surface area contributed by atoms with E-state index in [1.165, 1.54) is 35.5 Å². The maximum absolute atomic E-state index is 12.7. The van der Waals surface area contributed by atoms with Gasteiger partial charge < -0.3 is 10.1 Å². The molecule has 2 heterocycles. The Labute approximate surface area is 175 Å². The molecule has 29 heavy (non-hydrogen) atoms. The average molecular weight is 427 g/mol. The van der Waals surface area contributed by atoms with E-state index in [0.717, 1.165) is 16.3 Å². The first kappa shape index (κ1) is 19.0. The fourth-order valence-corrected chi connectivity index (χ4v) is 3.71. The normalized spacial score (nSPS) is 10.7. The van der Waals surface area contributed by atoms with Gasteiger partial charge in [0.2, 0.25) is 0 Å². The van der Waals surface area contributed by atoms with Crippen molar-refractivity contribution in [1.29, 1.82) is 0 Å². The number of tetrazole rings is 1. The molecule has 146 valence electrons. The lowest BCUT2D eigenvalue weighted by Crippen LogP contribution is -2.23. The van der Waals surface area contributed by atoms with Crippen LogP contribution in [0.2, 0.25) is 5.02 Å². The molecule has 10 heteroatoms. The molecule has 0 aliphatic carbocycles. The van der Waals surface area contributed by atoms with E-state index < -0.39 is 0 Å². The number of carbonyl (C=O) groups excluding carboxylic acids is 1. The molecule has 0 bridgehead atoms. The van der Waals surface area contributed by atoms with Gasteiger partial charge in [-0.15, -0.1) is 16.4 Å². The van der Waals surface area contributed by atoms with Crippen molar-refractivity contribution in [3.05, 3.63) is 69.8 Å². The van der Waals surface area contributed by atoms with Crippen LogP contribution in [-0.4, -0.2) is 38.2 Å². The highest BCUT2D eigenvalue weighted by Gasteiger charge is 2.18. The lowest BCUT2D eigenvalue weighted by Gasteiger charge is -2.12. The van der Waals surface area contributed by atoms with Crippen molar-refractivity contribution >= 4 is 28.8 Å². The molecule has 0 aliphatic rings. The first-order valence-corrected chi connectivity index (χ1v) is 9.80. The average Bonchev–Trinajstić information content (AvgIpc) is 3.45. The summed E-state index contributed by atoms with van der Waals surface area (Å²) in [5.41, 5.74) is 2.74. The van der Waals surface area contributed by atoms with Gasteiger partial charge in [-0.25, -0.2) is 4.98 Å². The first-order chi connectivity index (χ1) is 14.2. The zero-order valence-corrected chi connectivity index (χ0v) is 16.8. The minimum atomic E-state index is -0.316. The van der Waals surface area contributed by atoms with E-state index in [0.29, 0.717) is 28.6 Å². The highest BCUT2D eigenvalue weighted by Crippen LogP contribution is 2.29. The molecule has 1 N–H and O–H groups in total. The lowest BCUT2D eigenvalue weighted by atomic mass is 10.1. The SMILES string of the molecule is COc1cc(-n2cnnn2)c(Cl)cc1C(=O)NCc1nc(-c2ccccc2)cs1. The molecule has 0 radical (unpaired) electrons. The Morgan fingerprint density at radius 1 is 1.28 bits per heavy atom. The number of hydrogen-bond donors (Lipinski definition) is 1. The van der Waals surface area contributed by atoms with Crippen LogP contribution in [-0.2, 0) is 6.54 Å². The van der Waals surface area contributed by atoms with E-state index in [4.69, 9.17) is 16.3 Å². The van der Waals surface area contributed by atoms with Crippen LogP contribution in [0, 0.1) is 0 Å². The highest BCUT2D eigenvalue weighted by atomic mass is 35.5. The van der Waals surface area contributed by atoms with E-state index >= 15 is 0 Å².